The van der Waals surface area contributed by atoms with Crippen LogP contribution in [0.2, 0.25) is 0 Å². The van der Waals surface area contributed by atoms with E-state index in [-0.39, 0.29) is 19.5 Å². The largest absolute Gasteiger partial charge is 0.465 e. The number of amides is 1. The quantitative estimate of drug-likeness (QED) is 0.635. The number of likely N-dealkylation sites (tertiary alicyclic amines) is 1. The first kappa shape index (κ1) is 8.23. The molecule has 0 aromatic carbocycles. The molecule has 64 valence electrons. The molecule has 1 heterocycles. The monoisotopic (exact) mass is 165 g/mol. The van der Waals surface area contributed by atoms with Crippen molar-refractivity contribution in [2.45, 2.75) is 12.8 Å². The highest BCUT2D eigenvalue weighted by Gasteiger charge is 2.31. The lowest BCUT2D eigenvalue weighted by atomic mass is 10.1. The molecule has 1 aliphatic heterocycles. The number of carboxylic acid groups (broad SMARTS) is 1. The minimum atomic E-state index is -2.39. The molecule has 1 amide bonds. The van der Waals surface area contributed by atoms with Crippen LogP contribution in [0.3, 0.4) is 0 Å². The fraction of sp³-hybridized carbons (Fsp3) is 0.833. The predicted octanol–water partition coefficient (Wildman–Crippen LogP) is 1.25. The van der Waals surface area contributed by atoms with Gasteiger partial charge in [-0.1, -0.05) is 0 Å². The van der Waals surface area contributed by atoms with E-state index in [4.69, 9.17) is 5.11 Å². The molecule has 1 saturated heterocycles. The fourth-order valence-electron chi connectivity index (χ4n) is 1.17. The van der Waals surface area contributed by atoms with E-state index >= 15 is 0 Å². The van der Waals surface area contributed by atoms with Crippen molar-refractivity contribution < 1.29 is 18.7 Å². The van der Waals surface area contributed by atoms with Crippen molar-refractivity contribution >= 4 is 6.09 Å². The maximum atomic E-state index is 12.0. The summed E-state index contributed by atoms with van der Waals surface area (Å²) in [6.07, 6.45) is -3.21. The fourth-order valence-corrected chi connectivity index (χ4v) is 1.17. The first-order valence-corrected chi connectivity index (χ1v) is 3.37. The number of rotatable bonds is 1. The van der Waals surface area contributed by atoms with Gasteiger partial charge in [0.25, 0.3) is 0 Å². The molecule has 0 aromatic rings. The average Bonchev–Trinajstić information content (AvgIpc) is 2.33. The molecule has 0 aromatic heterocycles. The first-order chi connectivity index (χ1) is 5.11. The lowest BCUT2D eigenvalue weighted by Gasteiger charge is -2.10. The molecule has 1 rings (SSSR count). The zero-order valence-corrected chi connectivity index (χ0v) is 5.83. The van der Waals surface area contributed by atoms with Gasteiger partial charge in [0.2, 0.25) is 6.43 Å². The number of halogens is 2. The van der Waals surface area contributed by atoms with Gasteiger partial charge in [-0.3, -0.25) is 0 Å². The van der Waals surface area contributed by atoms with Gasteiger partial charge in [0, 0.05) is 19.0 Å². The van der Waals surface area contributed by atoms with Gasteiger partial charge in [-0.2, -0.15) is 0 Å². The Bertz CT molecular complexity index is 163. The molecule has 0 bridgehead atoms. The highest BCUT2D eigenvalue weighted by Crippen LogP contribution is 2.22. The summed E-state index contributed by atoms with van der Waals surface area (Å²) in [4.78, 5) is 11.3. The van der Waals surface area contributed by atoms with E-state index in [9.17, 15) is 13.6 Å². The van der Waals surface area contributed by atoms with Gasteiger partial charge in [-0.15, -0.1) is 0 Å². The van der Waals surface area contributed by atoms with Gasteiger partial charge >= 0.3 is 6.09 Å². The summed E-state index contributed by atoms with van der Waals surface area (Å²) >= 11 is 0. The van der Waals surface area contributed by atoms with Crippen molar-refractivity contribution in [1.29, 1.82) is 0 Å². The van der Waals surface area contributed by atoms with Gasteiger partial charge in [0.1, 0.15) is 0 Å². The second-order valence-electron chi connectivity index (χ2n) is 2.61. The van der Waals surface area contributed by atoms with Crippen molar-refractivity contribution in [3.05, 3.63) is 0 Å². The molecule has 1 N–H and O–H groups in total. The lowest BCUT2D eigenvalue weighted by Crippen LogP contribution is -2.27. The number of hydrogen-bond acceptors (Lipinski definition) is 1. The molecule has 0 spiro atoms. The van der Waals surface area contributed by atoms with Gasteiger partial charge < -0.3 is 10.0 Å². The Balaban J connectivity index is 2.41. The minimum absolute atomic E-state index is 0.0208. The van der Waals surface area contributed by atoms with Crippen LogP contribution < -0.4 is 0 Å². The zero-order chi connectivity index (χ0) is 8.43. The summed E-state index contributed by atoms with van der Waals surface area (Å²) in [5.74, 6) is -0.758. The van der Waals surface area contributed by atoms with E-state index in [0.29, 0.717) is 0 Å². The molecule has 3 nitrogen and oxygen atoms in total. The molecule has 1 fully saturated rings. The maximum Gasteiger partial charge on any atom is 0.407 e. The van der Waals surface area contributed by atoms with E-state index in [1.165, 1.54) is 0 Å². The summed E-state index contributed by atoms with van der Waals surface area (Å²) in [5, 5.41) is 8.39. The third-order valence-electron chi connectivity index (χ3n) is 1.85. The molecule has 1 aliphatic rings. The van der Waals surface area contributed by atoms with Crippen molar-refractivity contribution in [3.8, 4) is 0 Å². The van der Waals surface area contributed by atoms with Crippen LogP contribution >= 0.6 is 0 Å². The molecule has 11 heavy (non-hydrogen) atoms. The van der Waals surface area contributed by atoms with Crippen molar-refractivity contribution in [2.75, 3.05) is 13.1 Å². The molecular formula is C6H9F2NO2. The topological polar surface area (TPSA) is 40.5 Å². The molecule has 0 radical (unpaired) electrons. The first-order valence-electron chi connectivity index (χ1n) is 3.37. The lowest BCUT2D eigenvalue weighted by molar-refractivity contribution is 0.0800. The van der Waals surface area contributed by atoms with Gasteiger partial charge in [0.15, 0.2) is 0 Å². The van der Waals surface area contributed by atoms with Crippen LogP contribution in [0.15, 0.2) is 0 Å². The van der Waals surface area contributed by atoms with E-state index < -0.39 is 18.4 Å². The Morgan fingerprint density at radius 1 is 1.64 bits per heavy atom. The van der Waals surface area contributed by atoms with E-state index in [2.05, 4.69) is 0 Å². The van der Waals surface area contributed by atoms with Crippen LogP contribution in [0.5, 0.6) is 0 Å². The van der Waals surface area contributed by atoms with E-state index in [1.54, 1.807) is 0 Å². The molecular weight excluding hydrogens is 156 g/mol. The third kappa shape index (κ3) is 1.78. The van der Waals surface area contributed by atoms with Crippen LogP contribution in [0.25, 0.3) is 0 Å². The Hall–Kier alpha value is -0.870. The summed E-state index contributed by atoms with van der Waals surface area (Å²) in [6.45, 7) is 0.220. The van der Waals surface area contributed by atoms with Crippen LogP contribution in [-0.2, 0) is 0 Å². The number of alkyl halides is 2. The number of hydrogen-bond donors (Lipinski definition) is 1. The second kappa shape index (κ2) is 3.02. The summed E-state index contributed by atoms with van der Waals surface area (Å²) in [7, 11) is 0. The van der Waals surface area contributed by atoms with Crippen molar-refractivity contribution in [2.24, 2.45) is 5.92 Å². The molecule has 1 atom stereocenters. The van der Waals surface area contributed by atoms with Gasteiger partial charge in [-0.05, 0) is 6.42 Å². The van der Waals surface area contributed by atoms with Crippen LogP contribution in [-0.4, -0.2) is 35.6 Å². The smallest absolute Gasteiger partial charge is 0.407 e. The Kier molecular flexibility index (Phi) is 2.26. The van der Waals surface area contributed by atoms with Crippen molar-refractivity contribution in [1.82, 2.24) is 4.90 Å². The minimum Gasteiger partial charge on any atom is -0.465 e. The average molecular weight is 165 g/mol. The summed E-state index contributed by atoms with van der Waals surface area (Å²) in [5.41, 5.74) is 0. The number of carbonyl (C=O) groups is 1. The second-order valence-corrected chi connectivity index (χ2v) is 2.61. The van der Waals surface area contributed by atoms with E-state index in [0.717, 1.165) is 4.90 Å². The van der Waals surface area contributed by atoms with Crippen LogP contribution in [0, 0.1) is 5.92 Å². The maximum absolute atomic E-state index is 12.0. The number of nitrogens with zero attached hydrogens (tertiary/aromatic N) is 1. The van der Waals surface area contributed by atoms with Crippen LogP contribution in [0.4, 0.5) is 13.6 Å². The molecule has 0 aliphatic carbocycles. The third-order valence-corrected chi connectivity index (χ3v) is 1.85. The molecule has 5 heteroatoms. The standard InChI is InChI=1S/C6H9F2NO2/c7-5(8)4-1-2-9(3-4)6(10)11/h4-5H,1-3H2,(H,10,11). The van der Waals surface area contributed by atoms with Crippen molar-refractivity contribution in [3.63, 3.8) is 0 Å². The SMILES string of the molecule is O=C(O)N1CCC(C(F)F)C1. The summed E-state index contributed by atoms with van der Waals surface area (Å²) in [6, 6.07) is 0. The normalized spacial score (nSPS) is 24.6. The van der Waals surface area contributed by atoms with Gasteiger partial charge in [0.05, 0.1) is 0 Å². The predicted molar refractivity (Wildman–Crippen MR) is 33.7 cm³/mol. The highest BCUT2D eigenvalue weighted by molar-refractivity contribution is 5.65. The summed E-state index contributed by atoms with van der Waals surface area (Å²) < 4.78 is 23.9. The zero-order valence-electron chi connectivity index (χ0n) is 5.83. The molecule has 1 unspecified atom stereocenters. The van der Waals surface area contributed by atoms with Gasteiger partial charge in [-0.25, -0.2) is 13.6 Å². The van der Waals surface area contributed by atoms with E-state index in [1.807, 2.05) is 0 Å². The van der Waals surface area contributed by atoms with Crippen LogP contribution in [0.1, 0.15) is 6.42 Å². The Morgan fingerprint density at radius 2 is 2.27 bits per heavy atom. The Labute approximate surface area is 62.6 Å². The highest BCUT2D eigenvalue weighted by atomic mass is 19.3. The Morgan fingerprint density at radius 3 is 2.55 bits per heavy atom. The molecule has 0 saturated carbocycles.